The molecule has 0 spiro atoms. The summed E-state index contributed by atoms with van der Waals surface area (Å²) in [5.74, 6) is 0.0975. The van der Waals surface area contributed by atoms with E-state index in [0.29, 0.717) is 6.54 Å². The first-order valence-corrected chi connectivity index (χ1v) is 6.79. The SMILES string of the molecule is CC[C@@H]1C(C(C)=O)=CCN1[S@@](=O)C(C)(C)C. The topological polar surface area (TPSA) is 37.4 Å². The molecule has 0 aromatic heterocycles. The van der Waals surface area contributed by atoms with Crippen LogP contribution in [0.25, 0.3) is 0 Å². The Morgan fingerprint density at radius 1 is 1.56 bits per heavy atom. The Balaban J connectivity index is 2.89. The highest BCUT2D eigenvalue weighted by atomic mass is 32.2. The molecule has 0 bridgehead atoms. The fourth-order valence-electron chi connectivity index (χ4n) is 1.94. The van der Waals surface area contributed by atoms with Gasteiger partial charge in [0.2, 0.25) is 0 Å². The van der Waals surface area contributed by atoms with E-state index in [4.69, 9.17) is 0 Å². The molecule has 0 aromatic carbocycles. The molecule has 1 aliphatic heterocycles. The summed E-state index contributed by atoms with van der Waals surface area (Å²) < 4.78 is 14.0. The second-order valence-corrected chi connectivity index (χ2v) is 7.29. The molecule has 0 radical (unpaired) electrons. The summed E-state index contributed by atoms with van der Waals surface area (Å²) in [6.45, 7) is 10.1. The van der Waals surface area contributed by atoms with Crippen LogP contribution in [-0.4, -0.2) is 31.6 Å². The highest BCUT2D eigenvalue weighted by molar-refractivity contribution is 7.84. The molecule has 0 saturated heterocycles. The molecule has 1 rings (SSSR count). The van der Waals surface area contributed by atoms with Gasteiger partial charge in [-0.2, -0.15) is 0 Å². The van der Waals surface area contributed by atoms with Crippen LogP contribution in [0.5, 0.6) is 0 Å². The van der Waals surface area contributed by atoms with E-state index in [0.717, 1.165) is 12.0 Å². The van der Waals surface area contributed by atoms with E-state index in [1.54, 1.807) is 6.92 Å². The van der Waals surface area contributed by atoms with Crippen molar-refractivity contribution in [3.8, 4) is 0 Å². The molecule has 0 N–H and O–H groups in total. The van der Waals surface area contributed by atoms with Crippen molar-refractivity contribution >= 4 is 16.8 Å². The highest BCUT2D eigenvalue weighted by Crippen LogP contribution is 2.28. The fraction of sp³-hybridized carbons (Fsp3) is 0.750. The molecule has 1 aliphatic rings. The number of hydrogen-bond acceptors (Lipinski definition) is 2. The van der Waals surface area contributed by atoms with Gasteiger partial charge in [0.1, 0.15) is 11.0 Å². The molecule has 3 nitrogen and oxygen atoms in total. The molecule has 0 aliphatic carbocycles. The maximum absolute atomic E-state index is 12.3. The van der Waals surface area contributed by atoms with Gasteiger partial charge in [-0.15, -0.1) is 0 Å². The second-order valence-electron chi connectivity index (χ2n) is 5.10. The Morgan fingerprint density at radius 2 is 2.12 bits per heavy atom. The highest BCUT2D eigenvalue weighted by Gasteiger charge is 2.36. The van der Waals surface area contributed by atoms with E-state index in [2.05, 4.69) is 0 Å². The zero-order chi connectivity index (χ0) is 12.5. The summed E-state index contributed by atoms with van der Waals surface area (Å²) in [7, 11) is -1.05. The molecule has 0 unspecified atom stereocenters. The first-order valence-electron chi connectivity index (χ1n) is 5.68. The van der Waals surface area contributed by atoms with Crippen LogP contribution in [0.4, 0.5) is 0 Å². The van der Waals surface area contributed by atoms with E-state index >= 15 is 0 Å². The lowest BCUT2D eigenvalue weighted by Crippen LogP contribution is -2.42. The average molecular weight is 243 g/mol. The number of rotatable bonds is 3. The van der Waals surface area contributed by atoms with Gasteiger partial charge < -0.3 is 0 Å². The van der Waals surface area contributed by atoms with Gasteiger partial charge in [-0.05, 0) is 34.1 Å². The number of carbonyl (C=O) groups excluding carboxylic acids is 1. The predicted octanol–water partition coefficient (Wildman–Crippen LogP) is 2.06. The van der Waals surface area contributed by atoms with E-state index in [1.165, 1.54) is 0 Å². The standard InChI is InChI=1S/C12H21NO2S/c1-6-11-10(9(2)14)7-8-13(11)16(15)12(3,4)5/h7,11H,6,8H2,1-5H3/t11-,16+/m1/s1. The minimum Gasteiger partial charge on any atom is -0.295 e. The van der Waals surface area contributed by atoms with Crippen molar-refractivity contribution in [3.63, 3.8) is 0 Å². The Labute approximate surface area is 100 Å². The van der Waals surface area contributed by atoms with Gasteiger partial charge in [0.05, 0.1) is 10.8 Å². The minimum absolute atomic E-state index is 0.0255. The van der Waals surface area contributed by atoms with Crippen molar-refractivity contribution in [2.75, 3.05) is 6.54 Å². The van der Waals surface area contributed by atoms with Crippen LogP contribution >= 0.6 is 0 Å². The molecule has 2 atom stereocenters. The van der Waals surface area contributed by atoms with Crippen molar-refractivity contribution in [1.82, 2.24) is 4.31 Å². The normalized spacial score (nSPS) is 24.3. The van der Waals surface area contributed by atoms with E-state index in [-0.39, 0.29) is 16.6 Å². The van der Waals surface area contributed by atoms with Gasteiger partial charge in [0.25, 0.3) is 0 Å². The summed E-state index contributed by atoms with van der Waals surface area (Å²) >= 11 is 0. The summed E-state index contributed by atoms with van der Waals surface area (Å²) in [6.07, 6.45) is 2.74. The van der Waals surface area contributed by atoms with E-state index in [9.17, 15) is 9.00 Å². The molecule has 0 fully saturated rings. The number of Topliss-reactive ketones (excluding diaryl/α,β-unsaturated/α-hetero) is 1. The molecule has 0 saturated carbocycles. The molecule has 92 valence electrons. The van der Waals surface area contributed by atoms with Crippen molar-refractivity contribution in [1.29, 1.82) is 0 Å². The smallest absolute Gasteiger partial charge is 0.157 e. The molecule has 1 heterocycles. The zero-order valence-corrected chi connectivity index (χ0v) is 11.6. The Bertz CT molecular complexity index is 341. The average Bonchev–Trinajstić information content (AvgIpc) is 2.57. The van der Waals surface area contributed by atoms with Crippen molar-refractivity contribution in [2.45, 2.75) is 51.8 Å². The number of hydrogen-bond donors (Lipinski definition) is 0. The minimum atomic E-state index is -1.05. The molecule has 16 heavy (non-hydrogen) atoms. The van der Waals surface area contributed by atoms with Crippen molar-refractivity contribution in [2.24, 2.45) is 0 Å². The van der Waals surface area contributed by atoms with Gasteiger partial charge in [-0.3, -0.25) is 4.79 Å². The molecule has 0 aromatic rings. The van der Waals surface area contributed by atoms with Gasteiger partial charge in [-0.25, -0.2) is 8.51 Å². The lowest BCUT2D eigenvalue weighted by molar-refractivity contribution is -0.113. The lowest BCUT2D eigenvalue weighted by atomic mass is 10.0. The third kappa shape index (κ3) is 2.61. The van der Waals surface area contributed by atoms with Crippen LogP contribution in [0.2, 0.25) is 0 Å². The van der Waals surface area contributed by atoms with Gasteiger partial charge >= 0.3 is 0 Å². The van der Waals surface area contributed by atoms with Crippen LogP contribution in [0.15, 0.2) is 11.6 Å². The van der Waals surface area contributed by atoms with Crippen LogP contribution in [0.3, 0.4) is 0 Å². The second kappa shape index (κ2) is 4.80. The quantitative estimate of drug-likeness (QED) is 0.761. The predicted molar refractivity (Wildman–Crippen MR) is 67.4 cm³/mol. The molecule has 4 heteroatoms. The van der Waals surface area contributed by atoms with Crippen LogP contribution in [0.1, 0.15) is 41.0 Å². The molecule has 0 amide bonds. The fourth-order valence-corrected chi connectivity index (χ4v) is 3.35. The van der Waals surface area contributed by atoms with Gasteiger partial charge in [0, 0.05) is 12.1 Å². The largest absolute Gasteiger partial charge is 0.295 e. The third-order valence-corrected chi connectivity index (χ3v) is 4.61. The maximum Gasteiger partial charge on any atom is 0.157 e. The zero-order valence-electron chi connectivity index (χ0n) is 10.7. The van der Waals surface area contributed by atoms with Crippen LogP contribution in [-0.2, 0) is 15.8 Å². The summed E-state index contributed by atoms with van der Waals surface area (Å²) in [5.41, 5.74) is 0.820. The first kappa shape index (κ1) is 13.6. The molecular formula is C12H21NO2S. The Morgan fingerprint density at radius 3 is 2.50 bits per heavy atom. The number of carbonyl (C=O) groups is 1. The van der Waals surface area contributed by atoms with Crippen LogP contribution < -0.4 is 0 Å². The first-order chi connectivity index (χ1) is 7.29. The summed E-state index contributed by atoms with van der Waals surface area (Å²) in [5, 5.41) is 0. The van der Waals surface area contributed by atoms with Gasteiger partial charge in [0.15, 0.2) is 5.78 Å². The Kier molecular flexibility index (Phi) is 4.07. The summed E-state index contributed by atoms with van der Waals surface area (Å²) in [6, 6.07) is 0.0255. The van der Waals surface area contributed by atoms with Crippen LogP contribution in [0, 0.1) is 0 Å². The van der Waals surface area contributed by atoms with Crippen molar-refractivity contribution in [3.05, 3.63) is 11.6 Å². The number of nitrogens with zero attached hydrogens (tertiary/aromatic N) is 1. The monoisotopic (exact) mass is 243 g/mol. The maximum atomic E-state index is 12.3. The van der Waals surface area contributed by atoms with Gasteiger partial charge in [-0.1, -0.05) is 13.0 Å². The third-order valence-electron chi connectivity index (χ3n) is 2.73. The summed E-state index contributed by atoms with van der Waals surface area (Å²) in [4.78, 5) is 11.4. The van der Waals surface area contributed by atoms with E-state index in [1.807, 2.05) is 38.1 Å². The molecular weight excluding hydrogens is 222 g/mol. The van der Waals surface area contributed by atoms with E-state index < -0.39 is 11.0 Å². The van der Waals surface area contributed by atoms with Crippen molar-refractivity contribution < 1.29 is 9.00 Å². The number of ketones is 1. The lowest BCUT2D eigenvalue weighted by Gasteiger charge is -2.30. The Hall–Kier alpha value is -0.480.